The zero-order chi connectivity index (χ0) is 16.5. The van der Waals surface area contributed by atoms with Gasteiger partial charge in [-0.1, -0.05) is 0 Å². The van der Waals surface area contributed by atoms with Crippen LogP contribution in [-0.4, -0.2) is 46.4 Å². The van der Waals surface area contributed by atoms with Crippen LogP contribution in [0.3, 0.4) is 0 Å². The van der Waals surface area contributed by atoms with Gasteiger partial charge >= 0.3 is 5.97 Å². The van der Waals surface area contributed by atoms with E-state index in [0.29, 0.717) is 19.5 Å². The summed E-state index contributed by atoms with van der Waals surface area (Å²) < 4.78 is 0. The number of nitro benzene ring substituents is 1. The van der Waals surface area contributed by atoms with E-state index in [1.165, 1.54) is 17.0 Å². The standard InChI is InChI=1S/C14H19N3O5/c1-2-16(10-14(19)20)13(18)4-3-9-15-11-5-7-12(8-6-11)17(21)22/h5-8,15H,2-4,9-10H2,1H3,(H,19,20). The lowest BCUT2D eigenvalue weighted by molar-refractivity contribution is -0.384. The van der Waals surface area contributed by atoms with E-state index in [4.69, 9.17) is 5.11 Å². The Morgan fingerprint density at radius 3 is 2.45 bits per heavy atom. The SMILES string of the molecule is CCN(CC(=O)O)C(=O)CCCNc1ccc([N+](=O)[O-])cc1. The molecule has 8 heteroatoms. The number of rotatable bonds is 9. The van der Waals surface area contributed by atoms with Crippen molar-refractivity contribution in [1.82, 2.24) is 4.90 Å². The van der Waals surface area contributed by atoms with Crippen LogP contribution >= 0.6 is 0 Å². The molecule has 8 nitrogen and oxygen atoms in total. The number of hydrogen-bond donors (Lipinski definition) is 2. The molecule has 0 aliphatic heterocycles. The molecule has 0 bridgehead atoms. The van der Waals surface area contributed by atoms with E-state index in [0.717, 1.165) is 5.69 Å². The highest BCUT2D eigenvalue weighted by Crippen LogP contribution is 2.15. The van der Waals surface area contributed by atoms with Crippen molar-refractivity contribution >= 4 is 23.3 Å². The Bertz CT molecular complexity index is 530. The second kappa shape index (κ2) is 8.60. The second-order valence-electron chi connectivity index (χ2n) is 4.64. The largest absolute Gasteiger partial charge is 0.480 e. The summed E-state index contributed by atoms with van der Waals surface area (Å²) in [6.07, 6.45) is 0.799. The van der Waals surface area contributed by atoms with Gasteiger partial charge < -0.3 is 15.3 Å². The minimum Gasteiger partial charge on any atom is -0.480 e. The number of nitrogens with one attached hydrogen (secondary N) is 1. The first-order valence-corrected chi connectivity index (χ1v) is 6.92. The third-order valence-corrected chi connectivity index (χ3v) is 3.04. The number of carbonyl (C=O) groups is 2. The van der Waals surface area contributed by atoms with Gasteiger partial charge in [-0.25, -0.2) is 0 Å². The molecule has 2 N–H and O–H groups in total. The van der Waals surface area contributed by atoms with Crippen LogP contribution in [0, 0.1) is 10.1 Å². The molecule has 1 aromatic carbocycles. The number of benzene rings is 1. The molecule has 120 valence electrons. The van der Waals surface area contributed by atoms with Crippen molar-refractivity contribution < 1.29 is 19.6 Å². The average Bonchev–Trinajstić information content (AvgIpc) is 2.49. The van der Waals surface area contributed by atoms with Crippen molar-refractivity contribution in [2.24, 2.45) is 0 Å². The van der Waals surface area contributed by atoms with Gasteiger partial charge in [-0.15, -0.1) is 0 Å². The van der Waals surface area contributed by atoms with E-state index in [1.807, 2.05) is 0 Å². The molecule has 0 unspecified atom stereocenters. The third kappa shape index (κ3) is 5.78. The number of carboxylic acid groups (broad SMARTS) is 1. The number of carbonyl (C=O) groups excluding carboxylic acids is 1. The highest BCUT2D eigenvalue weighted by atomic mass is 16.6. The minimum atomic E-state index is -1.03. The van der Waals surface area contributed by atoms with E-state index in [9.17, 15) is 19.7 Å². The summed E-state index contributed by atoms with van der Waals surface area (Å²) >= 11 is 0. The Morgan fingerprint density at radius 2 is 1.95 bits per heavy atom. The number of nitro groups is 1. The quantitative estimate of drug-likeness (QED) is 0.408. The van der Waals surface area contributed by atoms with Crippen LogP contribution in [0.2, 0.25) is 0 Å². The van der Waals surface area contributed by atoms with Gasteiger partial charge in [0.1, 0.15) is 6.54 Å². The van der Waals surface area contributed by atoms with Gasteiger partial charge in [0.2, 0.25) is 5.91 Å². The van der Waals surface area contributed by atoms with Crippen LogP contribution in [0.15, 0.2) is 24.3 Å². The van der Waals surface area contributed by atoms with Crippen molar-refractivity contribution in [3.63, 3.8) is 0 Å². The maximum atomic E-state index is 11.8. The molecule has 1 aromatic rings. The maximum Gasteiger partial charge on any atom is 0.323 e. The first-order valence-electron chi connectivity index (χ1n) is 6.92. The number of amides is 1. The van der Waals surface area contributed by atoms with Crippen LogP contribution in [-0.2, 0) is 9.59 Å². The molecule has 0 radical (unpaired) electrons. The van der Waals surface area contributed by atoms with E-state index < -0.39 is 10.9 Å². The number of aliphatic carboxylic acids is 1. The highest BCUT2D eigenvalue weighted by Gasteiger charge is 2.14. The Kier molecular flexibility index (Phi) is 6.81. The van der Waals surface area contributed by atoms with Gasteiger partial charge in [-0.2, -0.15) is 0 Å². The van der Waals surface area contributed by atoms with Crippen LogP contribution in [0.25, 0.3) is 0 Å². The molecular formula is C14H19N3O5. The normalized spacial score (nSPS) is 10.0. The fourth-order valence-electron chi connectivity index (χ4n) is 1.87. The molecule has 0 saturated carbocycles. The van der Waals surface area contributed by atoms with Crippen molar-refractivity contribution in [2.75, 3.05) is 25.0 Å². The molecule has 0 aliphatic rings. The first kappa shape index (κ1) is 17.4. The van der Waals surface area contributed by atoms with Crippen LogP contribution in [0.4, 0.5) is 11.4 Å². The summed E-state index contributed by atoms with van der Waals surface area (Å²) in [6.45, 7) is 2.33. The first-order chi connectivity index (χ1) is 10.4. The molecule has 1 rings (SSSR count). The molecule has 0 saturated heterocycles. The van der Waals surface area contributed by atoms with Crippen molar-refractivity contribution in [1.29, 1.82) is 0 Å². The Labute approximate surface area is 127 Å². The summed E-state index contributed by atoms with van der Waals surface area (Å²) in [5, 5.41) is 22.3. The Hall–Kier alpha value is -2.64. The van der Waals surface area contributed by atoms with Gasteiger partial charge in [0.25, 0.3) is 5.69 Å². The summed E-state index contributed by atoms with van der Waals surface area (Å²) in [7, 11) is 0. The summed E-state index contributed by atoms with van der Waals surface area (Å²) in [5.41, 5.74) is 0.754. The molecule has 0 aromatic heterocycles. The number of carboxylic acids is 1. The monoisotopic (exact) mass is 309 g/mol. The average molecular weight is 309 g/mol. The molecule has 0 atom stereocenters. The second-order valence-corrected chi connectivity index (χ2v) is 4.64. The van der Waals surface area contributed by atoms with Gasteiger partial charge in [0, 0.05) is 37.3 Å². The van der Waals surface area contributed by atoms with Crippen LogP contribution < -0.4 is 5.32 Å². The van der Waals surface area contributed by atoms with E-state index in [2.05, 4.69) is 5.32 Å². The fourth-order valence-corrected chi connectivity index (χ4v) is 1.87. The smallest absolute Gasteiger partial charge is 0.323 e. The summed E-state index contributed by atoms with van der Waals surface area (Å²) in [5.74, 6) is -1.23. The van der Waals surface area contributed by atoms with Crippen LogP contribution in [0.5, 0.6) is 0 Å². The van der Waals surface area contributed by atoms with Gasteiger partial charge in [-0.3, -0.25) is 19.7 Å². The van der Waals surface area contributed by atoms with Crippen molar-refractivity contribution in [3.8, 4) is 0 Å². The lowest BCUT2D eigenvalue weighted by Crippen LogP contribution is -2.35. The molecule has 0 spiro atoms. The van der Waals surface area contributed by atoms with E-state index in [-0.39, 0.29) is 24.6 Å². The molecule has 22 heavy (non-hydrogen) atoms. The maximum absolute atomic E-state index is 11.8. The molecular weight excluding hydrogens is 290 g/mol. The number of non-ortho nitro benzene ring substituents is 1. The Morgan fingerprint density at radius 1 is 1.32 bits per heavy atom. The van der Waals surface area contributed by atoms with Gasteiger partial charge in [0.05, 0.1) is 4.92 Å². The molecule has 0 heterocycles. The predicted octanol–water partition coefficient (Wildman–Crippen LogP) is 1.72. The van der Waals surface area contributed by atoms with Crippen molar-refractivity contribution in [3.05, 3.63) is 34.4 Å². The zero-order valence-electron chi connectivity index (χ0n) is 12.3. The minimum absolute atomic E-state index is 0.0213. The van der Waals surface area contributed by atoms with E-state index in [1.54, 1.807) is 19.1 Å². The fraction of sp³-hybridized carbons (Fsp3) is 0.429. The zero-order valence-corrected chi connectivity index (χ0v) is 12.3. The topological polar surface area (TPSA) is 113 Å². The number of anilines is 1. The van der Waals surface area contributed by atoms with Gasteiger partial charge in [-0.05, 0) is 25.5 Å². The van der Waals surface area contributed by atoms with E-state index >= 15 is 0 Å². The number of nitrogens with zero attached hydrogens (tertiary/aromatic N) is 2. The number of likely N-dealkylation sites (N-methyl/N-ethyl adjacent to an activating group) is 1. The summed E-state index contributed by atoms with van der Waals surface area (Å²) in [4.78, 5) is 33.7. The lowest BCUT2D eigenvalue weighted by atomic mass is 10.2. The van der Waals surface area contributed by atoms with Crippen molar-refractivity contribution in [2.45, 2.75) is 19.8 Å². The molecule has 0 aliphatic carbocycles. The highest BCUT2D eigenvalue weighted by molar-refractivity contribution is 5.81. The summed E-state index contributed by atoms with van der Waals surface area (Å²) in [6, 6.07) is 6.00. The number of hydrogen-bond acceptors (Lipinski definition) is 5. The van der Waals surface area contributed by atoms with Crippen LogP contribution in [0.1, 0.15) is 19.8 Å². The van der Waals surface area contributed by atoms with Gasteiger partial charge in [0.15, 0.2) is 0 Å². The third-order valence-electron chi connectivity index (χ3n) is 3.04. The molecule has 0 fully saturated rings. The molecule has 1 amide bonds. The lowest BCUT2D eigenvalue weighted by Gasteiger charge is -2.18. The Balaban J connectivity index is 2.33. The predicted molar refractivity (Wildman–Crippen MR) is 80.7 cm³/mol.